The third kappa shape index (κ3) is 2.36. The van der Waals surface area contributed by atoms with E-state index in [0.717, 1.165) is 0 Å². The largest absolute Gasteiger partial charge is 0.485 e. The van der Waals surface area contributed by atoms with Gasteiger partial charge < -0.3 is 24.6 Å². The SMILES string of the molecule is O=C(c1scc2c1OCCO2)N1CC[C@H](CO)[C@H](O)C1. The molecule has 0 radical (unpaired) electrons. The van der Waals surface area contributed by atoms with Crippen molar-refractivity contribution in [2.24, 2.45) is 5.92 Å². The van der Waals surface area contributed by atoms with Crippen molar-refractivity contribution < 1.29 is 24.5 Å². The lowest BCUT2D eigenvalue weighted by molar-refractivity contribution is 0.000868. The number of piperidine rings is 1. The van der Waals surface area contributed by atoms with Gasteiger partial charge in [-0.2, -0.15) is 0 Å². The molecule has 1 aromatic rings. The first-order valence-electron chi connectivity index (χ1n) is 6.66. The van der Waals surface area contributed by atoms with Gasteiger partial charge in [-0.1, -0.05) is 0 Å². The molecule has 0 unspecified atom stereocenters. The van der Waals surface area contributed by atoms with E-state index in [1.165, 1.54) is 11.3 Å². The summed E-state index contributed by atoms with van der Waals surface area (Å²) < 4.78 is 10.9. The summed E-state index contributed by atoms with van der Waals surface area (Å²) in [6, 6.07) is 0. The van der Waals surface area contributed by atoms with Gasteiger partial charge in [-0.25, -0.2) is 0 Å². The summed E-state index contributed by atoms with van der Waals surface area (Å²) in [5.74, 6) is 0.855. The maximum atomic E-state index is 12.5. The van der Waals surface area contributed by atoms with E-state index in [1.54, 1.807) is 10.3 Å². The summed E-state index contributed by atoms with van der Waals surface area (Å²) >= 11 is 1.30. The van der Waals surface area contributed by atoms with Gasteiger partial charge in [0.05, 0.1) is 6.10 Å². The van der Waals surface area contributed by atoms with Gasteiger partial charge >= 0.3 is 0 Å². The number of thiophene rings is 1. The Morgan fingerprint density at radius 3 is 3.00 bits per heavy atom. The molecule has 1 saturated heterocycles. The summed E-state index contributed by atoms with van der Waals surface area (Å²) in [7, 11) is 0. The number of carbonyl (C=O) groups is 1. The van der Waals surface area contributed by atoms with Crippen molar-refractivity contribution in [3.05, 3.63) is 10.3 Å². The quantitative estimate of drug-likeness (QED) is 0.823. The van der Waals surface area contributed by atoms with Crippen LogP contribution in [0.4, 0.5) is 0 Å². The molecule has 2 N–H and O–H groups in total. The Bertz CT molecular complexity index is 503. The first-order chi connectivity index (χ1) is 9.70. The van der Waals surface area contributed by atoms with E-state index in [-0.39, 0.29) is 25.0 Å². The number of aliphatic hydroxyl groups is 2. The van der Waals surface area contributed by atoms with Crippen LogP contribution in [0.3, 0.4) is 0 Å². The first-order valence-corrected chi connectivity index (χ1v) is 7.54. The van der Waals surface area contributed by atoms with Crippen LogP contribution in [-0.2, 0) is 0 Å². The third-order valence-electron chi connectivity index (χ3n) is 3.74. The highest BCUT2D eigenvalue weighted by Crippen LogP contribution is 2.40. The van der Waals surface area contributed by atoms with E-state index in [2.05, 4.69) is 0 Å². The Hall–Kier alpha value is -1.31. The summed E-state index contributed by atoms with van der Waals surface area (Å²) in [5.41, 5.74) is 0. The molecule has 0 spiro atoms. The molecule has 2 aliphatic rings. The number of aliphatic hydroxyl groups excluding tert-OH is 2. The lowest BCUT2D eigenvalue weighted by Crippen LogP contribution is -2.47. The number of fused-ring (bicyclic) bond motifs is 1. The molecule has 3 heterocycles. The standard InChI is InChI=1S/C13H17NO5S/c15-6-8-1-2-14(5-9(8)16)13(17)12-11-10(7-20-12)18-3-4-19-11/h7-9,15-16H,1-6H2/t8-,9-/m1/s1. The smallest absolute Gasteiger partial charge is 0.267 e. The average molecular weight is 299 g/mol. The molecule has 7 heteroatoms. The molecular formula is C13H17NO5S. The number of amides is 1. The maximum absolute atomic E-state index is 12.5. The molecule has 1 aromatic heterocycles. The second-order valence-electron chi connectivity index (χ2n) is 5.00. The predicted molar refractivity (Wildman–Crippen MR) is 72.4 cm³/mol. The normalized spacial score (nSPS) is 25.6. The number of hydrogen-bond donors (Lipinski definition) is 2. The minimum Gasteiger partial charge on any atom is -0.485 e. The molecule has 6 nitrogen and oxygen atoms in total. The fraction of sp³-hybridized carbons (Fsp3) is 0.615. The van der Waals surface area contributed by atoms with Crippen molar-refractivity contribution in [2.75, 3.05) is 32.9 Å². The molecular weight excluding hydrogens is 282 g/mol. The Morgan fingerprint density at radius 2 is 2.25 bits per heavy atom. The summed E-state index contributed by atoms with van der Waals surface area (Å²) in [4.78, 5) is 14.6. The van der Waals surface area contributed by atoms with Crippen molar-refractivity contribution in [1.29, 1.82) is 0 Å². The van der Waals surface area contributed by atoms with Crippen molar-refractivity contribution in [2.45, 2.75) is 12.5 Å². The Balaban J connectivity index is 1.75. The number of ether oxygens (including phenoxy) is 2. The summed E-state index contributed by atoms with van der Waals surface area (Å²) in [6.45, 7) is 1.68. The highest BCUT2D eigenvalue weighted by molar-refractivity contribution is 7.12. The van der Waals surface area contributed by atoms with Crippen LogP contribution in [0.25, 0.3) is 0 Å². The molecule has 0 aliphatic carbocycles. The second kappa shape index (κ2) is 5.59. The monoisotopic (exact) mass is 299 g/mol. The Morgan fingerprint density at radius 1 is 1.45 bits per heavy atom. The van der Waals surface area contributed by atoms with E-state index in [1.807, 2.05) is 0 Å². The zero-order valence-corrected chi connectivity index (χ0v) is 11.8. The minimum atomic E-state index is -0.675. The number of nitrogens with zero attached hydrogens (tertiary/aromatic N) is 1. The van der Waals surface area contributed by atoms with E-state index >= 15 is 0 Å². The average Bonchev–Trinajstić information content (AvgIpc) is 2.90. The molecule has 1 amide bonds. The van der Waals surface area contributed by atoms with E-state index in [4.69, 9.17) is 14.6 Å². The van der Waals surface area contributed by atoms with Gasteiger partial charge in [-0.3, -0.25) is 4.79 Å². The number of rotatable bonds is 2. The van der Waals surface area contributed by atoms with Crippen LogP contribution in [0, 0.1) is 5.92 Å². The fourth-order valence-corrected chi connectivity index (χ4v) is 3.43. The summed E-state index contributed by atoms with van der Waals surface area (Å²) in [5, 5.41) is 20.8. The Kier molecular flexibility index (Phi) is 3.82. The lowest BCUT2D eigenvalue weighted by Gasteiger charge is -2.35. The van der Waals surface area contributed by atoms with Crippen LogP contribution >= 0.6 is 11.3 Å². The van der Waals surface area contributed by atoms with Gasteiger partial charge in [-0.05, 0) is 6.42 Å². The van der Waals surface area contributed by atoms with Crippen molar-refractivity contribution in [3.63, 3.8) is 0 Å². The molecule has 0 saturated carbocycles. The topological polar surface area (TPSA) is 79.2 Å². The van der Waals surface area contributed by atoms with Gasteiger partial charge in [-0.15, -0.1) is 11.3 Å². The molecule has 20 heavy (non-hydrogen) atoms. The van der Waals surface area contributed by atoms with Gasteiger partial charge in [0.25, 0.3) is 5.91 Å². The zero-order chi connectivity index (χ0) is 14.1. The highest BCUT2D eigenvalue weighted by atomic mass is 32.1. The predicted octanol–water partition coefficient (Wildman–Crippen LogP) is 0.335. The van der Waals surface area contributed by atoms with Crippen molar-refractivity contribution in [1.82, 2.24) is 4.90 Å². The summed E-state index contributed by atoms with van der Waals surface area (Å²) in [6.07, 6.45) is -0.0698. The van der Waals surface area contributed by atoms with Crippen LogP contribution in [0.2, 0.25) is 0 Å². The van der Waals surface area contributed by atoms with Crippen LogP contribution in [0.1, 0.15) is 16.1 Å². The molecule has 110 valence electrons. The van der Waals surface area contributed by atoms with Crippen LogP contribution in [0.15, 0.2) is 5.38 Å². The van der Waals surface area contributed by atoms with Gasteiger partial charge in [0.15, 0.2) is 11.5 Å². The van der Waals surface area contributed by atoms with Gasteiger partial charge in [0, 0.05) is 31.0 Å². The van der Waals surface area contributed by atoms with Crippen molar-refractivity contribution in [3.8, 4) is 11.5 Å². The zero-order valence-electron chi connectivity index (χ0n) is 10.9. The molecule has 0 aromatic carbocycles. The molecule has 2 atom stereocenters. The fourth-order valence-electron chi connectivity index (χ4n) is 2.53. The first kappa shape index (κ1) is 13.7. The number of β-amino-alcohol motifs (C(OH)–C–C–N with tert-alkyl or cyclic N) is 1. The maximum Gasteiger partial charge on any atom is 0.267 e. The third-order valence-corrected chi connectivity index (χ3v) is 4.67. The minimum absolute atomic E-state index is 0.0471. The number of hydrogen-bond acceptors (Lipinski definition) is 6. The molecule has 3 rings (SSSR count). The number of carbonyl (C=O) groups excluding carboxylic acids is 1. The van der Waals surface area contributed by atoms with Crippen molar-refractivity contribution >= 4 is 17.2 Å². The molecule has 0 bridgehead atoms. The van der Waals surface area contributed by atoms with Gasteiger partial charge in [0.2, 0.25) is 0 Å². The van der Waals surface area contributed by atoms with E-state index in [0.29, 0.717) is 42.6 Å². The molecule has 1 fully saturated rings. The molecule has 2 aliphatic heterocycles. The van der Waals surface area contributed by atoms with Crippen LogP contribution in [-0.4, -0.2) is 60.0 Å². The second-order valence-corrected chi connectivity index (χ2v) is 5.88. The van der Waals surface area contributed by atoms with E-state index in [9.17, 15) is 9.90 Å². The lowest BCUT2D eigenvalue weighted by atomic mass is 9.95. The highest BCUT2D eigenvalue weighted by Gasteiger charge is 2.33. The van der Waals surface area contributed by atoms with Crippen LogP contribution in [0.5, 0.6) is 11.5 Å². The van der Waals surface area contributed by atoms with Gasteiger partial charge in [0.1, 0.15) is 18.1 Å². The Labute approximate surface area is 120 Å². The number of likely N-dealkylation sites (tertiary alicyclic amines) is 1. The van der Waals surface area contributed by atoms with E-state index < -0.39 is 6.10 Å². The van der Waals surface area contributed by atoms with Crippen LogP contribution < -0.4 is 9.47 Å².